The Hall–Kier alpha value is -1.59. The molecule has 1 aromatic rings. The molecule has 28 heavy (non-hydrogen) atoms. The lowest BCUT2D eigenvalue weighted by Gasteiger charge is -2.32. The second kappa shape index (κ2) is 9.75. The van der Waals surface area contributed by atoms with Crippen LogP contribution in [0, 0.1) is 0 Å². The highest BCUT2D eigenvalue weighted by molar-refractivity contribution is 5.80. The predicted octanol–water partition coefficient (Wildman–Crippen LogP) is 2.90. The molecule has 2 aliphatic rings. The topological polar surface area (TPSA) is 40.1 Å². The van der Waals surface area contributed by atoms with Gasteiger partial charge in [-0.1, -0.05) is 45.0 Å². The molecule has 0 saturated carbocycles. The Balaban J connectivity index is 1.54. The molecule has 0 radical (unpaired) electrons. The molecule has 156 valence electrons. The first kappa shape index (κ1) is 21.1. The summed E-state index contributed by atoms with van der Waals surface area (Å²) in [4.78, 5) is 9.95. The van der Waals surface area contributed by atoms with Crippen molar-refractivity contribution in [2.45, 2.75) is 52.0 Å². The van der Waals surface area contributed by atoms with Crippen LogP contribution in [0.25, 0.3) is 0 Å². The molecule has 1 unspecified atom stereocenters. The highest BCUT2D eigenvalue weighted by Crippen LogP contribution is 2.22. The van der Waals surface area contributed by atoms with Gasteiger partial charge in [0.1, 0.15) is 0 Å². The maximum absolute atomic E-state index is 5.50. The Morgan fingerprint density at radius 2 is 1.86 bits per heavy atom. The van der Waals surface area contributed by atoms with Gasteiger partial charge in [-0.15, -0.1) is 0 Å². The van der Waals surface area contributed by atoms with Gasteiger partial charge in [-0.05, 0) is 36.3 Å². The van der Waals surface area contributed by atoms with E-state index in [1.807, 2.05) is 0 Å². The van der Waals surface area contributed by atoms with Crippen molar-refractivity contribution in [3.63, 3.8) is 0 Å². The summed E-state index contributed by atoms with van der Waals surface area (Å²) in [5, 5.41) is 3.50. The van der Waals surface area contributed by atoms with E-state index >= 15 is 0 Å². The first-order valence-electron chi connectivity index (χ1n) is 10.9. The molecular formula is C23H38N4O. The van der Waals surface area contributed by atoms with Crippen LogP contribution in [0.1, 0.15) is 45.2 Å². The molecule has 2 fully saturated rings. The second-order valence-electron chi connectivity index (χ2n) is 8.97. The maximum Gasteiger partial charge on any atom is 0.193 e. The lowest BCUT2D eigenvalue weighted by Crippen LogP contribution is -2.46. The first-order valence-corrected chi connectivity index (χ1v) is 10.9. The summed E-state index contributed by atoms with van der Waals surface area (Å²) in [6, 6.07) is 9.67. The minimum Gasteiger partial charge on any atom is -0.379 e. The highest BCUT2D eigenvalue weighted by Gasteiger charge is 2.30. The lowest BCUT2D eigenvalue weighted by atomic mass is 9.86. The third-order valence-corrected chi connectivity index (χ3v) is 5.84. The van der Waals surface area contributed by atoms with Gasteiger partial charge in [-0.3, -0.25) is 9.89 Å². The summed E-state index contributed by atoms with van der Waals surface area (Å²) in [5.74, 6) is 1.07. The molecular weight excluding hydrogens is 348 g/mol. The second-order valence-corrected chi connectivity index (χ2v) is 8.97. The lowest BCUT2D eigenvalue weighted by molar-refractivity contribution is 0.0195. The van der Waals surface area contributed by atoms with E-state index in [9.17, 15) is 0 Å². The maximum atomic E-state index is 5.50. The molecule has 1 atom stereocenters. The average molecular weight is 387 g/mol. The van der Waals surface area contributed by atoms with E-state index < -0.39 is 0 Å². The van der Waals surface area contributed by atoms with Crippen LogP contribution in [0.15, 0.2) is 29.3 Å². The van der Waals surface area contributed by atoms with E-state index in [2.05, 4.69) is 67.1 Å². The fourth-order valence-electron chi connectivity index (χ4n) is 4.06. The van der Waals surface area contributed by atoms with Gasteiger partial charge in [-0.2, -0.15) is 0 Å². The highest BCUT2D eigenvalue weighted by atomic mass is 16.5. The van der Waals surface area contributed by atoms with E-state index in [4.69, 9.17) is 9.73 Å². The Kier molecular flexibility index (Phi) is 7.36. The van der Waals surface area contributed by atoms with Crippen LogP contribution in [0.3, 0.4) is 0 Å². The number of benzene rings is 1. The quantitative estimate of drug-likeness (QED) is 0.624. The van der Waals surface area contributed by atoms with Gasteiger partial charge >= 0.3 is 0 Å². The van der Waals surface area contributed by atoms with Crippen molar-refractivity contribution in [2.24, 2.45) is 4.99 Å². The van der Waals surface area contributed by atoms with Crippen molar-refractivity contribution >= 4 is 5.96 Å². The van der Waals surface area contributed by atoms with E-state index in [1.54, 1.807) is 0 Å². The molecule has 0 amide bonds. The normalized spacial score (nSPS) is 21.9. The Morgan fingerprint density at radius 1 is 1.14 bits per heavy atom. The summed E-state index contributed by atoms with van der Waals surface area (Å²) < 4.78 is 5.50. The molecule has 0 aliphatic carbocycles. The molecule has 5 heteroatoms. The molecule has 0 bridgehead atoms. The van der Waals surface area contributed by atoms with Gasteiger partial charge in [0.15, 0.2) is 5.96 Å². The third-order valence-electron chi connectivity index (χ3n) is 5.84. The fraction of sp³-hybridized carbons (Fsp3) is 0.696. The number of hydrogen-bond donors (Lipinski definition) is 1. The minimum atomic E-state index is 0.210. The molecule has 0 aromatic heterocycles. The molecule has 5 nitrogen and oxygen atoms in total. The van der Waals surface area contributed by atoms with Crippen molar-refractivity contribution in [1.82, 2.24) is 15.1 Å². The monoisotopic (exact) mass is 386 g/mol. The number of morpholine rings is 1. The zero-order valence-corrected chi connectivity index (χ0v) is 18.2. The summed E-state index contributed by atoms with van der Waals surface area (Å²) in [6.45, 7) is 16.7. The van der Waals surface area contributed by atoms with Crippen LogP contribution < -0.4 is 5.32 Å². The minimum absolute atomic E-state index is 0.210. The summed E-state index contributed by atoms with van der Waals surface area (Å²) in [6.07, 6.45) is 2.21. The number of ether oxygens (including phenoxy) is 1. The largest absolute Gasteiger partial charge is 0.379 e. The number of guanidine groups is 1. The third kappa shape index (κ3) is 5.71. The van der Waals surface area contributed by atoms with E-state index in [0.29, 0.717) is 6.04 Å². The van der Waals surface area contributed by atoms with Gasteiger partial charge < -0.3 is 15.0 Å². The Labute approximate surface area is 171 Å². The van der Waals surface area contributed by atoms with E-state index in [1.165, 1.54) is 17.5 Å². The fourth-order valence-corrected chi connectivity index (χ4v) is 4.06. The molecule has 0 spiro atoms. The standard InChI is InChI=1S/C23H38N4O/c1-5-24-22(27-13-11-21(18-27)26-14-16-28-17-15-26)25-12-10-19-6-8-20(9-7-19)23(2,3)4/h6-9,21H,5,10-18H2,1-4H3,(H,24,25). The molecule has 1 aromatic carbocycles. The summed E-state index contributed by atoms with van der Waals surface area (Å²) >= 11 is 0. The first-order chi connectivity index (χ1) is 13.5. The number of aliphatic imine (C=N–C) groups is 1. The van der Waals surface area contributed by atoms with Crippen molar-refractivity contribution in [2.75, 3.05) is 52.5 Å². The zero-order chi connectivity index (χ0) is 20.0. The van der Waals surface area contributed by atoms with Crippen molar-refractivity contribution in [3.05, 3.63) is 35.4 Å². The number of hydrogen-bond acceptors (Lipinski definition) is 3. The summed E-state index contributed by atoms with van der Waals surface area (Å²) in [5.41, 5.74) is 2.96. The van der Waals surface area contributed by atoms with E-state index in [0.717, 1.165) is 64.9 Å². The van der Waals surface area contributed by atoms with Gasteiger partial charge in [0.05, 0.1) is 13.2 Å². The van der Waals surface area contributed by atoms with Crippen LogP contribution in [-0.4, -0.2) is 74.3 Å². The Morgan fingerprint density at radius 3 is 2.50 bits per heavy atom. The van der Waals surface area contributed by atoms with Gasteiger partial charge in [-0.25, -0.2) is 0 Å². The molecule has 3 rings (SSSR count). The van der Waals surface area contributed by atoms with Gasteiger partial charge in [0.2, 0.25) is 0 Å². The van der Waals surface area contributed by atoms with Gasteiger partial charge in [0.25, 0.3) is 0 Å². The van der Waals surface area contributed by atoms with Gasteiger partial charge in [0, 0.05) is 45.3 Å². The summed E-state index contributed by atoms with van der Waals surface area (Å²) in [7, 11) is 0. The zero-order valence-electron chi connectivity index (χ0n) is 18.2. The van der Waals surface area contributed by atoms with Crippen molar-refractivity contribution < 1.29 is 4.74 Å². The SMILES string of the molecule is CCNC(=NCCc1ccc(C(C)(C)C)cc1)N1CCC(N2CCOCC2)C1. The number of nitrogens with zero attached hydrogens (tertiary/aromatic N) is 3. The molecule has 2 saturated heterocycles. The molecule has 2 aliphatic heterocycles. The molecule has 1 N–H and O–H groups in total. The average Bonchev–Trinajstić information content (AvgIpc) is 3.18. The van der Waals surface area contributed by atoms with E-state index in [-0.39, 0.29) is 5.41 Å². The van der Waals surface area contributed by atoms with Crippen LogP contribution in [-0.2, 0) is 16.6 Å². The predicted molar refractivity (Wildman–Crippen MR) is 117 cm³/mol. The number of nitrogens with one attached hydrogen (secondary N) is 1. The van der Waals surface area contributed by atoms with Crippen molar-refractivity contribution in [3.8, 4) is 0 Å². The van der Waals surface area contributed by atoms with Crippen LogP contribution >= 0.6 is 0 Å². The van der Waals surface area contributed by atoms with Crippen molar-refractivity contribution in [1.29, 1.82) is 0 Å². The molecule has 2 heterocycles. The van der Waals surface area contributed by atoms with Crippen LogP contribution in [0.4, 0.5) is 0 Å². The number of likely N-dealkylation sites (tertiary alicyclic amines) is 1. The van der Waals surface area contributed by atoms with Crippen LogP contribution in [0.5, 0.6) is 0 Å². The smallest absolute Gasteiger partial charge is 0.193 e. The van der Waals surface area contributed by atoms with Crippen LogP contribution in [0.2, 0.25) is 0 Å². The number of rotatable bonds is 5. The Bertz CT molecular complexity index is 629.